The number of carbonyl (C=O) groups excluding carboxylic acids is 7. The third kappa shape index (κ3) is 36.4. The van der Waals surface area contributed by atoms with E-state index < -0.39 is 135 Å². The van der Waals surface area contributed by atoms with E-state index in [1.165, 1.54) is 75.1 Å². The molecule has 1 rings (SSSR count). The molecule has 100 heavy (non-hydrogen) atoms. The van der Waals surface area contributed by atoms with Crippen LogP contribution < -0.4 is 10.6 Å². The normalized spacial score (nSPS) is 15.8. The van der Waals surface area contributed by atoms with Crippen LogP contribution in [0.25, 0.3) is 4.85 Å². The molecule has 0 aliphatic carbocycles. The molecule has 31 heteroatoms. The Morgan fingerprint density at radius 1 is 0.600 bits per heavy atom. The number of alkyl carbamates (subject to hydrolysis) is 1. The summed E-state index contributed by atoms with van der Waals surface area (Å²) in [5, 5.41) is 26.3. The van der Waals surface area contributed by atoms with Crippen molar-refractivity contribution in [3.63, 3.8) is 0 Å². The number of aromatic nitrogens is 1. The van der Waals surface area contributed by atoms with Crippen molar-refractivity contribution < 1.29 is 101 Å². The van der Waals surface area contributed by atoms with Crippen LogP contribution in [-0.2, 0) is 85.7 Å². The number of hydrogen-bond donors (Lipinski definition) is 4. The van der Waals surface area contributed by atoms with Gasteiger partial charge in [-0.05, 0) is 143 Å². The molecular formula is C69H113N5O21S5. The van der Waals surface area contributed by atoms with E-state index in [0.29, 0.717) is 33.6 Å². The summed E-state index contributed by atoms with van der Waals surface area (Å²) in [6.07, 6.45) is -0.766. The quantitative estimate of drug-likeness (QED) is 0.0118. The molecule has 1 heterocycles. The average molecular weight is 1510 g/mol. The van der Waals surface area contributed by atoms with Crippen LogP contribution >= 0.6 is 57.3 Å². The lowest BCUT2D eigenvalue weighted by atomic mass is 9.58. The number of aliphatic carboxylic acids is 2. The zero-order valence-corrected chi connectivity index (χ0v) is 65.6. The number of ether oxygens (including phenoxy) is 10. The molecule has 0 saturated heterocycles. The number of amides is 2. The second-order valence-corrected chi connectivity index (χ2v) is 33.8. The number of pyridine rings is 1. The number of unbranched alkanes of at least 4 members (excludes halogenated alkanes) is 1. The number of rotatable bonds is 54. The van der Waals surface area contributed by atoms with Gasteiger partial charge in [0.1, 0.15) is 45.3 Å². The number of likely N-dealkylation sites (N-methyl/N-ethyl adjacent to an activating group) is 1. The van der Waals surface area contributed by atoms with Gasteiger partial charge in [0, 0.05) is 64.9 Å². The van der Waals surface area contributed by atoms with E-state index in [1.807, 2.05) is 32.9 Å². The largest absolute Gasteiger partial charge is 0.481 e. The number of methoxy groups -OCH3 is 1. The molecule has 1 aromatic rings. The molecule has 0 aliphatic rings. The number of thiocarbonyl (C=S) groups is 1. The Hall–Kier alpha value is -5.04. The van der Waals surface area contributed by atoms with E-state index in [-0.39, 0.29) is 130 Å². The lowest BCUT2D eigenvalue weighted by Gasteiger charge is -2.46. The van der Waals surface area contributed by atoms with Gasteiger partial charge in [-0.2, -0.15) is 0 Å². The number of nitrogens with one attached hydrogen (secondary N) is 2. The van der Waals surface area contributed by atoms with E-state index in [0.717, 1.165) is 11.8 Å². The summed E-state index contributed by atoms with van der Waals surface area (Å²) in [6.45, 7) is 28.0. The Bertz CT molecular complexity index is 2770. The van der Waals surface area contributed by atoms with E-state index in [2.05, 4.69) is 20.5 Å². The van der Waals surface area contributed by atoms with E-state index >= 15 is 24.0 Å². The molecule has 570 valence electrons. The lowest BCUT2D eigenvalue weighted by Crippen LogP contribution is -2.51. The number of carbonyl (C=O) groups is 9. The molecule has 7 atom stereocenters. The van der Waals surface area contributed by atoms with Gasteiger partial charge in [0.15, 0.2) is 0 Å². The first-order valence-corrected chi connectivity index (χ1v) is 38.3. The fourth-order valence-corrected chi connectivity index (χ4v) is 16.6. The third-order valence-corrected chi connectivity index (χ3v) is 20.8. The summed E-state index contributed by atoms with van der Waals surface area (Å²) >= 11 is 7.98. The molecule has 0 radical (unpaired) electrons. The summed E-state index contributed by atoms with van der Waals surface area (Å²) < 4.78 is 56.1. The van der Waals surface area contributed by atoms with E-state index in [9.17, 15) is 24.3 Å². The van der Waals surface area contributed by atoms with Gasteiger partial charge in [-0.1, -0.05) is 74.5 Å². The Balaban J connectivity index is 4.45. The summed E-state index contributed by atoms with van der Waals surface area (Å²) in [6, 6.07) is 5.43. The molecular weight excluding hydrogens is 1400 g/mol. The van der Waals surface area contributed by atoms with E-state index in [1.54, 1.807) is 59.0 Å². The van der Waals surface area contributed by atoms with E-state index in [4.69, 9.17) is 71.3 Å². The fraction of sp³-hybridized carbons (Fsp3) is 0.768. The van der Waals surface area contributed by atoms with Crippen LogP contribution in [0.4, 0.5) is 4.79 Å². The van der Waals surface area contributed by atoms with Crippen LogP contribution in [0.1, 0.15) is 167 Å². The Labute approximate surface area is 614 Å². The third-order valence-electron chi connectivity index (χ3n) is 15.8. The summed E-state index contributed by atoms with van der Waals surface area (Å²) in [4.78, 5) is 138. The van der Waals surface area contributed by atoms with Crippen LogP contribution in [0.5, 0.6) is 0 Å². The van der Waals surface area contributed by atoms with Gasteiger partial charge in [-0.15, -0.1) is 11.8 Å². The smallest absolute Gasteiger partial charge is 0.407 e. The first-order valence-electron chi connectivity index (χ1n) is 33.8. The van der Waals surface area contributed by atoms with Crippen molar-refractivity contribution in [2.24, 2.45) is 27.1 Å². The molecule has 1 aromatic heterocycles. The number of carboxylic acids is 2. The molecule has 0 fully saturated rings. The van der Waals surface area contributed by atoms with Crippen molar-refractivity contribution in [3.05, 3.63) is 35.8 Å². The second-order valence-electron chi connectivity index (χ2n) is 27.5. The minimum Gasteiger partial charge on any atom is -0.481 e. The number of nitrogens with zero attached hydrogens (tertiary/aromatic N) is 3. The van der Waals surface area contributed by atoms with Crippen molar-refractivity contribution in [2.45, 2.75) is 187 Å². The monoisotopic (exact) mass is 1510 g/mol. The number of carboxylic acid groups (broad SMARTS) is 2. The number of hydrogen-bond acceptors (Lipinski definition) is 26. The highest BCUT2D eigenvalue weighted by molar-refractivity contribution is 8.76. The van der Waals surface area contributed by atoms with Gasteiger partial charge in [0.2, 0.25) is 11.4 Å². The predicted molar refractivity (Wildman–Crippen MR) is 391 cm³/mol. The highest BCUT2D eigenvalue weighted by Crippen LogP contribution is 2.55. The van der Waals surface area contributed by atoms with Gasteiger partial charge in [0.25, 0.3) is 0 Å². The maximum atomic E-state index is 15.7. The zero-order chi connectivity index (χ0) is 75.7. The zero-order valence-electron chi connectivity index (χ0n) is 61.6. The van der Waals surface area contributed by atoms with Gasteiger partial charge in [-0.3, -0.25) is 38.4 Å². The Kier molecular flexibility index (Phi) is 44.0. The number of thioether (sulfide) groups is 2. The van der Waals surface area contributed by atoms with Gasteiger partial charge < -0.3 is 78.0 Å². The molecule has 7 unspecified atom stereocenters. The topological polar surface area (TPSA) is 331 Å². The minimum atomic E-state index is -2.02. The summed E-state index contributed by atoms with van der Waals surface area (Å²) in [5.74, 6) is -6.29. The summed E-state index contributed by atoms with van der Waals surface area (Å²) in [7, 11) is 7.67. The first-order chi connectivity index (χ1) is 46.9. The molecule has 0 bridgehead atoms. The molecule has 0 aliphatic heterocycles. The van der Waals surface area contributed by atoms with Crippen molar-refractivity contribution >= 4 is 115 Å². The fourth-order valence-electron chi connectivity index (χ4n) is 11.7. The molecule has 2 amide bonds. The molecule has 4 N–H and O–H groups in total. The number of esters is 5. The van der Waals surface area contributed by atoms with Gasteiger partial charge >= 0.3 is 47.9 Å². The maximum absolute atomic E-state index is 15.7. The Morgan fingerprint density at radius 3 is 1.58 bits per heavy atom. The molecule has 0 aromatic carbocycles. The highest BCUT2D eigenvalue weighted by atomic mass is 33.1. The first kappa shape index (κ1) is 93.0. The highest BCUT2D eigenvalue weighted by Gasteiger charge is 2.59. The molecule has 0 spiro atoms. The summed E-state index contributed by atoms with van der Waals surface area (Å²) in [5.41, 5.74) is -11.9. The van der Waals surface area contributed by atoms with Crippen LogP contribution in [-0.4, -0.2) is 225 Å². The SMILES string of the molecule is [C-]#[N+]C(C)(CCC(=O)NCCOCCOCCC(=O)O)CC(C)(CC(C)(CC(C)(CC(C)(CC(C)(CC(CCC)(SC(=S)SCC)C(=O)O)C(=O)OCCCC)C(=O)OCCN(C)C)C(=O)OCCOC)C(=O)OCCOCCNC(=O)OC(C)(C)C)C(=O)OCCSSc1ccccn1. The van der Waals surface area contributed by atoms with Crippen LogP contribution in [0.3, 0.4) is 0 Å². The average Bonchev–Trinajstić information content (AvgIpc) is 0.757. The van der Waals surface area contributed by atoms with Crippen LogP contribution in [0.15, 0.2) is 29.4 Å². The molecule has 26 nitrogen and oxygen atoms in total. The lowest BCUT2D eigenvalue weighted by molar-refractivity contribution is -0.176. The van der Waals surface area contributed by atoms with Crippen molar-refractivity contribution in [1.29, 1.82) is 0 Å². The van der Waals surface area contributed by atoms with Gasteiger partial charge in [-0.25, -0.2) is 16.4 Å². The predicted octanol–water partition coefficient (Wildman–Crippen LogP) is 10.9. The molecule has 0 saturated carbocycles. The standard InChI is InChI=1S/C69H113N5O21S5/c1-17-20-32-90-59(84)67(11,50-69(26-18-2,54(78)79)99-61(96)97-19-3)48-65(9,55(80)91-36-31-74(14)15)46-63(7,56(81)92-41-37-86-16)45-64(8,57(82)93-42-40-89-35-30-73-60(85)95-62(4,5)6)47-66(10,58(83)94-43-44-98-100-52-23-21-22-28-72-52)49-68(12,70-13)27-24-51(75)71-29-34-88-39-38-87-33-25-53(76)77/h21-23,28H,17-20,24-27,29-50H2,1-12,14-16H3,(H,71,75)(H,73,85)(H,76,77)(H,78,79). The second kappa shape index (κ2) is 47.3. The van der Waals surface area contributed by atoms with Crippen molar-refractivity contribution in [2.75, 3.05) is 132 Å². The van der Waals surface area contributed by atoms with Crippen molar-refractivity contribution in [3.8, 4) is 0 Å². The van der Waals surface area contributed by atoms with Crippen LogP contribution in [0.2, 0.25) is 0 Å². The van der Waals surface area contributed by atoms with Gasteiger partial charge in [0.05, 0.1) is 86.4 Å². The van der Waals surface area contributed by atoms with Crippen LogP contribution in [0, 0.1) is 33.6 Å². The Morgan fingerprint density at radius 2 is 1.10 bits per heavy atom. The maximum Gasteiger partial charge on any atom is 0.407 e. The van der Waals surface area contributed by atoms with Crippen molar-refractivity contribution in [1.82, 2.24) is 20.5 Å². The minimum absolute atomic E-state index is 0.0145.